The first-order chi connectivity index (χ1) is 20.0. The van der Waals surface area contributed by atoms with E-state index in [-0.39, 0.29) is 43.8 Å². The average molecular weight is 552 g/mol. The molecule has 41 heavy (non-hydrogen) atoms. The van der Waals surface area contributed by atoms with Gasteiger partial charge in [0.1, 0.15) is 37.5 Å². The number of ether oxygens (including phenoxy) is 2. The van der Waals surface area contributed by atoms with Gasteiger partial charge >= 0.3 is 0 Å². The number of aromatic nitrogens is 1. The van der Waals surface area contributed by atoms with Crippen LogP contribution < -0.4 is 19.9 Å². The van der Waals surface area contributed by atoms with Crippen LogP contribution in [0.15, 0.2) is 121 Å². The van der Waals surface area contributed by atoms with Crippen LogP contribution in [0.3, 0.4) is 0 Å². The summed E-state index contributed by atoms with van der Waals surface area (Å²) in [5.41, 5.74) is 1.88. The van der Waals surface area contributed by atoms with Crippen LogP contribution in [0.4, 0.5) is 4.39 Å². The molecule has 0 spiro atoms. The van der Waals surface area contributed by atoms with Crippen molar-refractivity contribution in [2.24, 2.45) is 0 Å². The summed E-state index contributed by atoms with van der Waals surface area (Å²) in [5.74, 6) is -0.407. The molecule has 5 rings (SSSR count). The highest BCUT2D eigenvalue weighted by Gasteiger charge is 2.37. The molecule has 1 aliphatic heterocycles. The third-order valence-corrected chi connectivity index (χ3v) is 6.73. The molecule has 1 unspecified atom stereocenters. The van der Waals surface area contributed by atoms with E-state index in [4.69, 9.17) is 9.47 Å². The standard InChI is InChI=1S/C33H30FN3O4/c1-3-18-35-23-37(30(25-13-9-6-10-14-25)27-21-26(34)15-16-29(27)40-20-4-2)36-19-17-28(38)32(31(36)33(35)39)41-22-24-11-7-5-8-12-24/h3-17,19,21,30H,1-2,18,20,22-23H2. The highest BCUT2D eigenvalue weighted by atomic mass is 19.1. The summed E-state index contributed by atoms with van der Waals surface area (Å²) in [5, 5.41) is 1.89. The minimum absolute atomic E-state index is 0.0608. The van der Waals surface area contributed by atoms with E-state index >= 15 is 0 Å². The fraction of sp³-hybridized carbons (Fsp3) is 0.152. The molecule has 8 heteroatoms. The molecule has 1 aromatic heterocycles. The summed E-state index contributed by atoms with van der Waals surface area (Å²) >= 11 is 0. The lowest BCUT2D eigenvalue weighted by Crippen LogP contribution is -2.55. The number of carbonyl (C=O) groups excluding carboxylic acids is 1. The number of benzene rings is 3. The number of nitrogens with zero attached hydrogens (tertiary/aromatic N) is 3. The maximum absolute atomic E-state index is 14.8. The molecule has 2 heterocycles. The molecule has 0 aliphatic carbocycles. The summed E-state index contributed by atoms with van der Waals surface area (Å²) in [6, 6.07) is 24.0. The molecular formula is C33H30FN3O4. The van der Waals surface area contributed by atoms with E-state index in [2.05, 4.69) is 13.2 Å². The van der Waals surface area contributed by atoms with Crippen molar-refractivity contribution in [3.05, 3.63) is 155 Å². The van der Waals surface area contributed by atoms with Crippen molar-refractivity contribution in [2.45, 2.75) is 12.6 Å². The van der Waals surface area contributed by atoms with E-state index < -0.39 is 17.3 Å². The van der Waals surface area contributed by atoms with Crippen molar-refractivity contribution in [3.63, 3.8) is 0 Å². The van der Waals surface area contributed by atoms with Gasteiger partial charge in [-0.2, -0.15) is 0 Å². The second kappa shape index (κ2) is 12.4. The quantitative estimate of drug-likeness (QED) is 0.232. The smallest absolute Gasteiger partial charge is 0.278 e. The number of hydrogen-bond acceptors (Lipinski definition) is 5. The van der Waals surface area contributed by atoms with Crippen LogP contribution in [0.2, 0.25) is 0 Å². The molecule has 0 saturated heterocycles. The molecule has 0 fully saturated rings. The Kier molecular flexibility index (Phi) is 8.29. The molecule has 1 atom stereocenters. The van der Waals surface area contributed by atoms with Crippen LogP contribution in [-0.4, -0.2) is 35.3 Å². The van der Waals surface area contributed by atoms with Gasteiger partial charge < -0.3 is 14.4 Å². The predicted octanol–water partition coefficient (Wildman–Crippen LogP) is 5.46. The Morgan fingerprint density at radius 2 is 1.63 bits per heavy atom. The Morgan fingerprint density at radius 3 is 2.34 bits per heavy atom. The first-order valence-electron chi connectivity index (χ1n) is 13.2. The van der Waals surface area contributed by atoms with Crippen molar-refractivity contribution in [1.82, 2.24) is 9.58 Å². The van der Waals surface area contributed by atoms with E-state index in [1.165, 1.54) is 18.2 Å². The Hall–Kier alpha value is -5.11. The monoisotopic (exact) mass is 551 g/mol. The SMILES string of the molecule is C=CCOc1ccc(F)cc1C(c1ccccc1)N1CN(CC=C)C(=O)c2c(OCc3ccccc3)c(=O)ccn21. The lowest BCUT2D eigenvalue weighted by molar-refractivity contribution is 0.0698. The number of halogens is 1. The number of hydrogen-bond donors (Lipinski definition) is 0. The number of pyridine rings is 1. The van der Waals surface area contributed by atoms with Crippen LogP contribution in [0.25, 0.3) is 0 Å². The third kappa shape index (κ3) is 5.77. The van der Waals surface area contributed by atoms with Crippen LogP contribution >= 0.6 is 0 Å². The minimum Gasteiger partial charge on any atom is -0.489 e. The highest BCUT2D eigenvalue weighted by molar-refractivity contribution is 5.96. The molecular weight excluding hydrogens is 521 g/mol. The predicted molar refractivity (Wildman–Crippen MR) is 156 cm³/mol. The summed E-state index contributed by atoms with van der Waals surface area (Å²) in [6.07, 6.45) is 4.79. The molecule has 0 saturated carbocycles. The maximum Gasteiger partial charge on any atom is 0.278 e. The summed E-state index contributed by atoms with van der Waals surface area (Å²) in [7, 11) is 0. The van der Waals surface area contributed by atoms with E-state index in [1.54, 1.807) is 34.0 Å². The summed E-state index contributed by atoms with van der Waals surface area (Å²) in [4.78, 5) is 28.5. The van der Waals surface area contributed by atoms with Gasteiger partial charge in [0.15, 0.2) is 11.4 Å². The first-order valence-corrected chi connectivity index (χ1v) is 13.2. The third-order valence-electron chi connectivity index (χ3n) is 6.73. The zero-order valence-electron chi connectivity index (χ0n) is 22.5. The van der Waals surface area contributed by atoms with Gasteiger partial charge in [0.05, 0.1) is 0 Å². The lowest BCUT2D eigenvalue weighted by Gasteiger charge is -2.44. The van der Waals surface area contributed by atoms with E-state index in [9.17, 15) is 14.0 Å². The molecule has 7 nitrogen and oxygen atoms in total. The van der Waals surface area contributed by atoms with Crippen molar-refractivity contribution in [3.8, 4) is 11.5 Å². The van der Waals surface area contributed by atoms with Gasteiger partial charge in [-0.25, -0.2) is 4.39 Å². The van der Waals surface area contributed by atoms with Gasteiger partial charge in [-0.15, -0.1) is 6.58 Å². The minimum atomic E-state index is -0.615. The Bertz CT molecular complexity index is 1600. The fourth-order valence-electron chi connectivity index (χ4n) is 4.91. The number of rotatable bonds is 11. The zero-order chi connectivity index (χ0) is 28.8. The lowest BCUT2D eigenvalue weighted by atomic mass is 9.96. The Labute approximate surface area is 238 Å². The van der Waals surface area contributed by atoms with Gasteiger partial charge in [0.2, 0.25) is 5.43 Å². The summed E-state index contributed by atoms with van der Waals surface area (Å²) in [6.45, 7) is 8.22. The van der Waals surface area contributed by atoms with Crippen LogP contribution in [0.1, 0.15) is 33.2 Å². The molecule has 0 bridgehead atoms. The highest BCUT2D eigenvalue weighted by Crippen LogP contribution is 2.37. The average Bonchev–Trinajstić information content (AvgIpc) is 2.99. The van der Waals surface area contributed by atoms with Gasteiger partial charge in [-0.3, -0.25) is 19.3 Å². The second-order valence-corrected chi connectivity index (χ2v) is 9.47. The molecule has 208 valence electrons. The zero-order valence-corrected chi connectivity index (χ0v) is 22.5. The normalized spacial score (nSPS) is 13.3. The van der Waals surface area contributed by atoms with Crippen LogP contribution in [0.5, 0.6) is 11.5 Å². The summed E-state index contributed by atoms with van der Waals surface area (Å²) < 4.78 is 28.4. The molecule has 1 amide bonds. The topological polar surface area (TPSA) is 64.0 Å². The van der Waals surface area contributed by atoms with Gasteiger partial charge in [-0.05, 0) is 29.3 Å². The molecule has 0 radical (unpaired) electrons. The van der Waals surface area contributed by atoms with Crippen LogP contribution in [0, 0.1) is 5.82 Å². The van der Waals surface area contributed by atoms with Crippen molar-refractivity contribution >= 4 is 5.91 Å². The molecule has 3 aromatic carbocycles. The maximum atomic E-state index is 14.8. The van der Waals surface area contributed by atoms with E-state index in [0.29, 0.717) is 11.3 Å². The van der Waals surface area contributed by atoms with Crippen molar-refractivity contribution in [1.29, 1.82) is 0 Å². The van der Waals surface area contributed by atoms with Gasteiger partial charge in [-0.1, -0.05) is 79.4 Å². The molecule has 4 aromatic rings. The fourth-order valence-corrected chi connectivity index (χ4v) is 4.91. The van der Waals surface area contributed by atoms with Crippen LogP contribution in [-0.2, 0) is 6.61 Å². The Morgan fingerprint density at radius 1 is 0.902 bits per heavy atom. The van der Waals surface area contributed by atoms with Crippen molar-refractivity contribution < 1.29 is 18.7 Å². The van der Waals surface area contributed by atoms with Gasteiger partial charge in [0, 0.05) is 24.4 Å². The van der Waals surface area contributed by atoms with E-state index in [1.807, 2.05) is 65.7 Å². The number of fused-ring (bicyclic) bond motifs is 1. The number of carbonyl (C=O) groups is 1. The van der Waals surface area contributed by atoms with E-state index in [0.717, 1.165) is 11.1 Å². The largest absolute Gasteiger partial charge is 0.489 e. The van der Waals surface area contributed by atoms with Crippen molar-refractivity contribution in [2.75, 3.05) is 24.8 Å². The van der Waals surface area contributed by atoms with Gasteiger partial charge in [0.25, 0.3) is 5.91 Å². The Balaban J connectivity index is 1.70. The number of amides is 1. The second-order valence-electron chi connectivity index (χ2n) is 9.47. The molecule has 0 N–H and O–H groups in total. The first kappa shape index (κ1) is 27.5. The molecule has 1 aliphatic rings.